The van der Waals surface area contributed by atoms with E-state index in [4.69, 9.17) is 14.2 Å². The molecule has 4 aliphatic heterocycles. The number of epoxide rings is 1. The quantitative estimate of drug-likeness (QED) is 0.137. The summed E-state index contributed by atoms with van der Waals surface area (Å²) in [5, 5.41) is 31.8. The normalized spacial score (nSPS) is 36.9. The minimum absolute atomic E-state index is 0.00828. The molecule has 0 spiro atoms. The van der Waals surface area contributed by atoms with Gasteiger partial charge in [-0.05, 0) is 63.6 Å². The zero-order chi connectivity index (χ0) is 33.8. The van der Waals surface area contributed by atoms with Gasteiger partial charge in [0.15, 0.2) is 0 Å². The molecule has 10 unspecified atom stereocenters. The zero-order valence-electron chi connectivity index (χ0n) is 28.9. The average molecular weight is 647 g/mol. The third-order valence-electron chi connectivity index (χ3n) is 10.5. The second-order valence-electron chi connectivity index (χ2n) is 14.5. The summed E-state index contributed by atoms with van der Waals surface area (Å²) in [7, 11) is 0. The van der Waals surface area contributed by atoms with Gasteiger partial charge in [-0.1, -0.05) is 58.9 Å². The Hall–Kier alpha value is -2.24. The van der Waals surface area contributed by atoms with Crippen molar-refractivity contribution in [2.45, 2.75) is 141 Å². The highest BCUT2D eigenvalue weighted by atomic mass is 16.6. The zero-order valence-corrected chi connectivity index (χ0v) is 28.9. The first kappa shape index (κ1) is 36.6. The van der Waals surface area contributed by atoms with Crippen LogP contribution in [0.25, 0.3) is 0 Å². The topological polar surface area (TPSA) is 132 Å². The minimum Gasteiger partial charge on any atom is -0.457 e. The van der Waals surface area contributed by atoms with Crippen molar-refractivity contribution in [1.29, 1.82) is 0 Å². The van der Waals surface area contributed by atoms with E-state index < -0.39 is 36.0 Å². The lowest BCUT2D eigenvalue weighted by atomic mass is 9.91. The van der Waals surface area contributed by atoms with Crippen LogP contribution >= 0.6 is 0 Å². The van der Waals surface area contributed by atoms with E-state index in [1.165, 1.54) is 0 Å². The number of aliphatic hydroxyl groups is 3. The maximum absolute atomic E-state index is 13.3. The number of cyclic esters (lactones) is 1. The third-order valence-corrected chi connectivity index (χ3v) is 10.5. The van der Waals surface area contributed by atoms with Crippen molar-refractivity contribution in [1.82, 2.24) is 9.80 Å². The summed E-state index contributed by atoms with van der Waals surface area (Å²) in [5.74, 6) is -0.753. The Morgan fingerprint density at radius 2 is 1.93 bits per heavy atom. The SMILES string of the molecule is CCC(O)C(C)C1OC1CC(C)(O)C=CC=C(C)C1OC(=O)CC(O)CCC(C)C(OC(=O)N2C[C@@H]3C[C@H]2CN3CC)C=CC1C. The second-order valence-corrected chi connectivity index (χ2v) is 14.5. The predicted octanol–water partition coefficient (Wildman–Crippen LogP) is 4.37. The van der Waals surface area contributed by atoms with Crippen molar-refractivity contribution in [2.75, 3.05) is 19.6 Å². The van der Waals surface area contributed by atoms with Crippen molar-refractivity contribution in [3.05, 3.63) is 36.0 Å². The van der Waals surface area contributed by atoms with Gasteiger partial charge in [0.05, 0.1) is 36.4 Å². The maximum atomic E-state index is 13.3. The van der Waals surface area contributed by atoms with Gasteiger partial charge >= 0.3 is 12.1 Å². The molecule has 10 nitrogen and oxygen atoms in total. The van der Waals surface area contributed by atoms with Gasteiger partial charge in [0, 0.05) is 43.4 Å². The molecule has 0 aromatic rings. The largest absolute Gasteiger partial charge is 0.457 e. The molecule has 3 saturated heterocycles. The monoisotopic (exact) mass is 646 g/mol. The number of esters is 1. The molecule has 260 valence electrons. The lowest BCUT2D eigenvalue weighted by molar-refractivity contribution is -0.151. The van der Waals surface area contributed by atoms with Crippen LogP contribution in [0.4, 0.5) is 4.79 Å². The van der Waals surface area contributed by atoms with Gasteiger partial charge in [-0.15, -0.1) is 0 Å². The Kier molecular flexibility index (Phi) is 12.5. The Balaban J connectivity index is 1.43. The van der Waals surface area contributed by atoms with Crippen molar-refractivity contribution in [2.24, 2.45) is 17.8 Å². The molecule has 0 saturated carbocycles. The summed E-state index contributed by atoms with van der Waals surface area (Å²) >= 11 is 0. The van der Waals surface area contributed by atoms with Crippen LogP contribution in [0.1, 0.15) is 87.0 Å². The number of rotatable bonds is 10. The van der Waals surface area contributed by atoms with E-state index in [1.807, 2.05) is 57.7 Å². The van der Waals surface area contributed by atoms with Crippen molar-refractivity contribution in [3.8, 4) is 0 Å². The molecule has 10 heteroatoms. The highest BCUT2D eigenvalue weighted by molar-refractivity contribution is 5.70. The molecule has 0 aromatic heterocycles. The Morgan fingerprint density at radius 3 is 2.59 bits per heavy atom. The van der Waals surface area contributed by atoms with Gasteiger partial charge in [0.1, 0.15) is 12.2 Å². The van der Waals surface area contributed by atoms with Crippen molar-refractivity contribution < 1.29 is 39.1 Å². The Labute approximate surface area is 275 Å². The number of amides is 1. The summed E-state index contributed by atoms with van der Waals surface area (Å²) in [5.41, 5.74) is -0.345. The molecule has 4 heterocycles. The summed E-state index contributed by atoms with van der Waals surface area (Å²) < 4.78 is 17.8. The van der Waals surface area contributed by atoms with Gasteiger partial charge in [0.2, 0.25) is 0 Å². The van der Waals surface area contributed by atoms with E-state index in [1.54, 1.807) is 19.1 Å². The average Bonchev–Trinajstić information content (AvgIpc) is 3.44. The molecule has 4 aliphatic rings. The standard InChI is InChI=1S/C36H58N2O8/c1-8-29(40)25(6)34-31(44-34)19-36(7,43)16-10-11-23(4)33-24(5)13-15-30(22(3)12-14-28(39)18-32(41)46-33)45-35(42)38-21-26-17-27(38)20-37(26)9-2/h10-11,13,15-16,22,24-31,33-34,39-40,43H,8-9,12,14,17-21H2,1-7H3/t22?,24?,25?,26-,27-,28?,29?,30?,31?,33?,34?,36?/m0/s1. The number of ether oxygens (including phenoxy) is 3. The summed E-state index contributed by atoms with van der Waals surface area (Å²) in [6.45, 7) is 16.2. The molecule has 3 fully saturated rings. The second kappa shape index (κ2) is 15.8. The number of likely N-dealkylation sites (tertiary alicyclic amines) is 2. The molecule has 1 amide bonds. The molecular formula is C36H58N2O8. The van der Waals surface area contributed by atoms with E-state index in [9.17, 15) is 24.9 Å². The number of piperazine rings is 1. The highest BCUT2D eigenvalue weighted by Crippen LogP contribution is 2.38. The van der Waals surface area contributed by atoms with Gasteiger partial charge in [-0.2, -0.15) is 0 Å². The summed E-state index contributed by atoms with van der Waals surface area (Å²) in [4.78, 5) is 30.4. The maximum Gasteiger partial charge on any atom is 0.410 e. The van der Waals surface area contributed by atoms with Crippen LogP contribution in [-0.4, -0.2) is 111 Å². The molecule has 3 N–H and O–H groups in total. The van der Waals surface area contributed by atoms with Crippen LogP contribution in [0.15, 0.2) is 36.0 Å². The number of hydrogen-bond donors (Lipinski definition) is 3. The molecule has 0 aromatic carbocycles. The third kappa shape index (κ3) is 9.43. The summed E-state index contributed by atoms with van der Waals surface area (Å²) in [6, 6.07) is 0.581. The molecular weight excluding hydrogens is 588 g/mol. The Bertz CT molecular complexity index is 1140. The van der Waals surface area contributed by atoms with Crippen LogP contribution in [0.3, 0.4) is 0 Å². The van der Waals surface area contributed by atoms with E-state index in [0.717, 1.165) is 25.1 Å². The van der Waals surface area contributed by atoms with E-state index in [0.29, 0.717) is 38.3 Å². The van der Waals surface area contributed by atoms with Crippen LogP contribution < -0.4 is 0 Å². The number of aliphatic hydroxyl groups excluding tert-OH is 2. The van der Waals surface area contributed by atoms with Gasteiger partial charge in [-0.3, -0.25) is 9.69 Å². The number of carbonyl (C=O) groups is 2. The number of hydrogen-bond acceptors (Lipinski definition) is 9. The lowest BCUT2D eigenvalue weighted by Gasteiger charge is -2.34. The number of allylic oxidation sites excluding steroid dienone is 2. The minimum atomic E-state index is -1.12. The van der Waals surface area contributed by atoms with Gasteiger partial charge < -0.3 is 34.4 Å². The lowest BCUT2D eigenvalue weighted by Crippen LogP contribution is -2.49. The number of carbonyl (C=O) groups excluding carboxylic acids is 2. The van der Waals surface area contributed by atoms with Crippen LogP contribution in [0, 0.1) is 17.8 Å². The number of likely N-dealkylation sites (N-methyl/N-ethyl adjacent to an activating group) is 1. The first-order chi connectivity index (χ1) is 21.7. The molecule has 0 radical (unpaired) electrons. The molecule has 2 bridgehead atoms. The highest BCUT2D eigenvalue weighted by Gasteiger charge is 2.47. The fourth-order valence-corrected chi connectivity index (χ4v) is 7.35. The van der Waals surface area contributed by atoms with E-state index >= 15 is 0 Å². The summed E-state index contributed by atoms with van der Waals surface area (Å²) in [6.07, 6.45) is 9.27. The molecule has 12 atom stereocenters. The van der Waals surface area contributed by atoms with Crippen molar-refractivity contribution in [3.63, 3.8) is 0 Å². The predicted molar refractivity (Wildman–Crippen MR) is 176 cm³/mol. The van der Waals surface area contributed by atoms with Crippen LogP contribution in [0.5, 0.6) is 0 Å². The fourth-order valence-electron chi connectivity index (χ4n) is 7.35. The fraction of sp³-hybridized carbons (Fsp3) is 0.778. The van der Waals surface area contributed by atoms with E-state index in [-0.39, 0.29) is 48.5 Å². The molecule has 4 rings (SSSR count). The first-order valence-electron chi connectivity index (χ1n) is 17.4. The number of nitrogens with zero attached hydrogens (tertiary/aromatic N) is 2. The van der Waals surface area contributed by atoms with Crippen LogP contribution in [0.2, 0.25) is 0 Å². The van der Waals surface area contributed by atoms with Crippen molar-refractivity contribution >= 4 is 12.1 Å². The molecule has 0 aliphatic carbocycles. The smallest absolute Gasteiger partial charge is 0.410 e. The molecule has 46 heavy (non-hydrogen) atoms. The van der Waals surface area contributed by atoms with Crippen LogP contribution in [-0.2, 0) is 19.0 Å². The Morgan fingerprint density at radius 1 is 1.20 bits per heavy atom. The van der Waals surface area contributed by atoms with Gasteiger partial charge in [0.25, 0.3) is 0 Å². The number of fused-ring (bicyclic) bond motifs is 2. The first-order valence-corrected chi connectivity index (χ1v) is 17.4. The van der Waals surface area contributed by atoms with E-state index in [2.05, 4.69) is 11.8 Å². The van der Waals surface area contributed by atoms with Gasteiger partial charge in [-0.25, -0.2) is 4.79 Å².